The van der Waals surface area contributed by atoms with Crippen molar-refractivity contribution in [1.29, 1.82) is 0 Å². The van der Waals surface area contributed by atoms with Crippen LogP contribution in [-0.2, 0) is 6.42 Å². The summed E-state index contributed by atoms with van der Waals surface area (Å²) in [4.78, 5) is 12.0. The molecule has 0 saturated carbocycles. The molecule has 2 aromatic carbocycles. The number of nitrogen functional groups attached to an aromatic ring is 1. The van der Waals surface area contributed by atoms with E-state index in [1.165, 1.54) is 5.56 Å². The smallest absolute Gasteiger partial charge is 0.162 e. The molecule has 0 unspecified atom stereocenters. The molecule has 2 aromatic rings. The van der Waals surface area contributed by atoms with Gasteiger partial charge < -0.3 is 5.73 Å². The van der Waals surface area contributed by atoms with Crippen LogP contribution < -0.4 is 5.73 Å². The number of rotatable bonds is 5. The lowest BCUT2D eigenvalue weighted by atomic mass is 10.0. The third-order valence-electron chi connectivity index (χ3n) is 3.03. The first-order valence-electron chi connectivity index (χ1n) is 6.29. The molecule has 3 heteroatoms. The third kappa shape index (κ3) is 3.83. The van der Waals surface area contributed by atoms with Crippen molar-refractivity contribution in [3.63, 3.8) is 0 Å². The summed E-state index contributed by atoms with van der Waals surface area (Å²) in [5.74, 6) is 0.109. The minimum atomic E-state index is 0.109. The molecule has 98 valence electrons. The van der Waals surface area contributed by atoms with Crippen molar-refractivity contribution >= 4 is 23.1 Å². The van der Waals surface area contributed by atoms with Gasteiger partial charge in [0, 0.05) is 12.0 Å². The van der Waals surface area contributed by atoms with E-state index < -0.39 is 0 Å². The number of nitrogens with two attached hydrogens (primary N) is 1. The fourth-order valence-electron chi connectivity index (χ4n) is 1.94. The van der Waals surface area contributed by atoms with Gasteiger partial charge in [-0.25, -0.2) is 0 Å². The molecule has 0 heterocycles. The maximum atomic E-state index is 12.0. The van der Waals surface area contributed by atoms with E-state index in [9.17, 15) is 4.79 Å². The van der Waals surface area contributed by atoms with Crippen molar-refractivity contribution in [2.24, 2.45) is 0 Å². The summed E-state index contributed by atoms with van der Waals surface area (Å²) in [6.07, 6.45) is 2.27. The summed E-state index contributed by atoms with van der Waals surface area (Å²) in [6, 6.07) is 15.2. The lowest BCUT2D eigenvalue weighted by molar-refractivity contribution is 0.0980. The van der Waals surface area contributed by atoms with Crippen molar-refractivity contribution in [2.75, 3.05) is 5.73 Å². The van der Waals surface area contributed by atoms with Gasteiger partial charge in [0.2, 0.25) is 0 Å². The number of hydrogen-bond acceptors (Lipinski definition) is 2. The van der Waals surface area contributed by atoms with E-state index in [0.717, 1.165) is 12.8 Å². The van der Waals surface area contributed by atoms with Gasteiger partial charge in [-0.3, -0.25) is 4.79 Å². The minimum absolute atomic E-state index is 0.109. The Balaban J connectivity index is 1.89. The monoisotopic (exact) mass is 273 g/mol. The first kappa shape index (κ1) is 13.6. The van der Waals surface area contributed by atoms with E-state index in [2.05, 4.69) is 12.1 Å². The molecule has 2 rings (SSSR count). The minimum Gasteiger partial charge on any atom is -0.398 e. The van der Waals surface area contributed by atoms with Gasteiger partial charge in [0.15, 0.2) is 5.78 Å². The van der Waals surface area contributed by atoms with Crippen LogP contribution in [0.5, 0.6) is 0 Å². The molecule has 0 bridgehead atoms. The van der Waals surface area contributed by atoms with Crippen LogP contribution in [0, 0.1) is 0 Å². The fraction of sp³-hybridized carbons (Fsp3) is 0.188. The number of benzene rings is 2. The zero-order valence-corrected chi connectivity index (χ0v) is 11.4. The highest BCUT2D eigenvalue weighted by Gasteiger charge is 2.07. The van der Waals surface area contributed by atoms with Crippen molar-refractivity contribution in [2.45, 2.75) is 19.3 Å². The highest BCUT2D eigenvalue weighted by Crippen LogP contribution is 2.21. The highest BCUT2D eigenvalue weighted by atomic mass is 35.5. The van der Waals surface area contributed by atoms with E-state index in [-0.39, 0.29) is 5.78 Å². The number of halogens is 1. The summed E-state index contributed by atoms with van der Waals surface area (Å²) in [5.41, 5.74) is 8.01. The molecule has 0 spiro atoms. The van der Waals surface area contributed by atoms with Crippen LogP contribution in [-0.4, -0.2) is 5.78 Å². The first-order chi connectivity index (χ1) is 9.16. The highest BCUT2D eigenvalue weighted by molar-refractivity contribution is 6.33. The number of hydrogen-bond donors (Lipinski definition) is 1. The van der Waals surface area contributed by atoms with E-state index in [0.29, 0.717) is 22.7 Å². The van der Waals surface area contributed by atoms with Gasteiger partial charge in [0.05, 0.1) is 10.7 Å². The summed E-state index contributed by atoms with van der Waals surface area (Å²) < 4.78 is 0. The normalized spacial score (nSPS) is 10.4. The van der Waals surface area contributed by atoms with Crippen LogP contribution in [0.3, 0.4) is 0 Å². The molecule has 0 atom stereocenters. The lowest BCUT2D eigenvalue weighted by Gasteiger charge is -2.04. The predicted molar refractivity (Wildman–Crippen MR) is 79.6 cm³/mol. The first-order valence-corrected chi connectivity index (χ1v) is 6.67. The zero-order valence-electron chi connectivity index (χ0n) is 10.6. The van der Waals surface area contributed by atoms with Crippen molar-refractivity contribution < 1.29 is 4.79 Å². The molecule has 0 radical (unpaired) electrons. The lowest BCUT2D eigenvalue weighted by Crippen LogP contribution is -2.01. The van der Waals surface area contributed by atoms with Gasteiger partial charge in [0.1, 0.15) is 0 Å². The van der Waals surface area contributed by atoms with Gasteiger partial charge in [-0.05, 0) is 36.6 Å². The summed E-state index contributed by atoms with van der Waals surface area (Å²) in [7, 11) is 0. The molecule has 0 aliphatic carbocycles. The average Bonchev–Trinajstić information content (AvgIpc) is 2.43. The van der Waals surface area contributed by atoms with Gasteiger partial charge in [-0.15, -0.1) is 0 Å². The second-order valence-electron chi connectivity index (χ2n) is 4.50. The van der Waals surface area contributed by atoms with Crippen LogP contribution in [0.4, 0.5) is 5.69 Å². The van der Waals surface area contributed by atoms with E-state index in [1.807, 2.05) is 18.2 Å². The molecule has 0 aliphatic heterocycles. The van der Waals surface area contributed by atoms with Crippen molar-refractivity contribution in [3.8, 4) is 0 Å². The second-order valence-corrected chi connectivity index (χ2v) is 4.91. The number of ketones is 1. The summed E-state index contributed by atoms with van der Waals surface area (Å²) >= 11 is 5.91. The fourth-order valence-corrected chi connectivity index (χ4v) is 2.12. The quantitative estimate of drug-likeness (QED) is 0.657. The molecule has 19 heavy (non-hydrogen) atoms. The Morgan fingerprint density at radius 1 is 1.11 bits per heavy atom. The standard InChI is InChI=1S/C16H16ClNO/c17-14-11-13(9-10-15(14)18)16(19)8-4-7-12-5-2-1-3-6-12/h1-3,5-6,9-11H,4,7-8,18H2. The Kier molecular flexibility index (Phi) is 4.58. The molecule has 0 amide bonds. The van der Waals surface area contributed by atoms with Crippen LogP contribution in [0.1, 0.15) is 28.8 Å². The molecule has 0 saturated heterocycles. The Labute approximate surface area is 118 Å². The molecule has 2 N–H and O–H groups in total. The van der Waals surface area contributed by atoms with Crippen molar-refractivity contribution in [1.82, 2.24) is 0 Å². The zero-order chi connectivity index (χ0) is 13.7. The maximum absolute atomic E-state index is 12.0. The Morgan fingerprint density at radius 3 is 2.53 bits per heavy atom. The topological polar surface area (TPSA) is 43.1 Å². The molecule has 2 nitrogen and oxygen atoms in total. The molecule has 0 fully saturated rings. The predicted octanol–water partition coefficient (Wildman–Crippen LogP) is 4.13. The Hall–Kier alpha value is -1.80. The van der Waals surface area contributed by atoms with Gasteiger partial charge in [0.25, 0.3) is 0 Å². The summed E-state index contributed by atoms with van der Waals surface area (Å²) in [6.45, 7) is 0. The molecular formula is C16H16ClNO. The van der Waals surface area contributed by atoms with Crippen LogP contribution in [0.15, 0.2) is 48.5 Å². The van der Waals surface area contributed by atoms with Crippen molar-refractivity contribution in [3.05, 3.63) is 64.7 Å². The maximum Gasteiger partial charge on any atom is 0.162 e. The van der Waals surface area contributed by atoms with Gasteiger partial charge in [-0.2, -0.15) is 0 Å². The SMILES string of the molecule is Nc1ccc(C(=O)CCCc2ccccc2)cc1Cl. The number of carbonyl (C=O) groups excluding carboxylic acids is 1. The van der Waals surface area contributed by atoms with Gasteiger partial charge >= 0.3 is 0 Å². The van der Waals surface area contributed by atoms with Crippen LogP contribution >= 0.6 is 11.6 Å². The number of anilines is 1. The summed E-state index contributed by atoms with van der Waals surface area (Å²) in [5, 5.41) is 0.439. The second kappa shape index (κ2) is 6.39. The average molecular weight is 274 g/mol. The molecule has 0 aromatic heterocycles. The number of Topliss-reactive ketones (excluding diaryl/α,β-unsaturated/α-hetero) is 1. The van der Waals surface area contributed by atoms with Crippen LogP contribution in [0.25, 0.3) is 0 Å². The third-order valence-corrected chi connectivity index (χ3v) is 3.36. The Morgan fingerprint density at radius 2 is 1.84 bits per heavy atom. The van der Waals surface area contributed by atoms with E-state index >= 15 is 0 Å². The molecule has 0 aliphatic rings. The van der Waals surface area contributed by atoms with E-state index in [4.69, 9.17) is 17.3 Å². The van der Waals surface area contributed by atoms with Gasteiger partial charge in [-0.1, -0.05) is 41.9 Å². The molecular weight excluding hydrogens is 258 g/mol. The number of carbonyl (C=O) groups is 1. The number of aryl methyl sites for hydroxylation is 1. The largest absolute Gasteiger partial charge is 0.398 e. The van der Waals surface area contributed by atoms with Crippen LogP contribution in [0.2, 0.25) is 5.02 Å². The van der Waals surface area contributed by atoms with E-state index in [1.54, 1.807) is 18.2 Å². The Bertz CT molecular complexity index is 566.